The van der Waals surface area contributed by atoms with Gasteiger partial charge in [-0.1, -0.05) is 18.2 Å². The van der Waals surface area contributed by atoms with Crippen molar-refractivity contribution in [2.24, 2.45) is 5.10 Å². The van der Waals surface area contributed by atoms with E-state index in [2.05, 4.69) is 15.1 Å². The lowest BCUT2D eigenvalue weighted by molar-refractivity contribution is -0.141. The molecule has 0 aliphatic carbocycles. The van der Waals surface area contributed by atoms with Crippen molar-refractivity contribution in [2.75, 3.05) is 0 Å². The highest BCUT2D eigenvalue weighted by molar-refractivity contribution is 6.03. The number of aromatic nitrogens is 2. The molecule has 1 aliphatic rings. The van der Waals surface area contributed by atoms with E-state index in [-0.39, 0.29) is 24.6 Å². The van der Waals surface area contributed by atoms with Gasteiger partial charge in [-0.15, -0.1) is 0 Å². The highest BCUT2D eigenvalue weighted by Crippen LogP contribution is 2.34. The second-order valence-corrected chi connectivity index (χ2v) is 6.71. The van der Waals surface area contributed by atoms with Gasteiger partial charge in [0.2, 0.25) is 5.91 Å². The second-order valence-electron chi connectivity index (χ2n) is 6.71. The van der Waals surface area contributed by atoms with E-state index in [0.717, 1.165) is 11.1 Å². The Kier molecular flexibility index (Phi) is 4.99. The zero-order valence-electron chi connectivity index (χ0n) is 15.3. The van der Waals surface area contributed by atoms with E-state index in [9.17, 15) is 14.0 Å². The van der Waals surface area contributed by atoms with Crippen molar-refractivity contribution in [1.29, 1.82) is 0 Å². The van der Waals surface area contributed by atoms with Crippen LogP contribution >= 0.6 is 0 Å². The van der Waals surface area contributed by atoms with Gasteiger partial charge in [-0.3, -0.25) is 19.6 Å². The molecule has 0 bridgehead atoms. The van der Waals surface area contributed by atoms with Crippen LogP contribution in [-0.2, 0) is 9.59 Å². The maximum Gasteiger partial charge on any atom is 0.303 e. The van der Waals surface area contributed by atoms with Crippen molar-refractivity contribution in [1.82, 2.24) is 15.0 Å². The number of aliphatic carboxylic acids is 1. The molecule has 1 N–H and O–H groups in total. The fourth-order valence-corrected chi connectivity index (χ4v) is 3.33. The van der Waals surface area contributed by atoms with Gasteiger partial charge in [-0.25, -0.2) is 9.40 Å². The summed E-state index contributed by atoms with van der Waals surface area (Å²) in [5, 5.41) is 14.7. The number of carboxylic acids is 1. The lowest BCUT2D eigenvalue weighted by Crippen LogP contribution is -2.27. The molecule has 1 atom stereocenters. The predicted molar refractivity (Wildman–Crippen MR) is 104 cm³/mol. The molecule has 0 radical (unpaired) electrons. The van der Waals surface area contributed by atoms with Crippen molar-refractivity contribution >= 4 is 28.6 Å². The van der Waals surface area contributed by atoms with Gasteiger partial charge >= 0.3 is 5.97 Å². The zero-order chi connectivity index (χ0) is 20.4. The van der Waals surface area contributed by atoms with Crippen molar-refractivity contribution in [3.8, 4) is 0 Å². The first-order valence-corrected chi connectivity index (χ1v) is 9.09. The molecule has 146 valence electrons. The van der Waals surface area contributed by atoms with Crippen LogP contribution in [0.5, 0.6) is 0 Å². The van der Waals surface area contributed by atoms with Crippen molar-refractivity contribution < 1.29 is 19.1 Å². The fraction of sp³-hybridized carbons (Fsp3) is 0.190. The largest absolute Gasteiger partial charge is 0.481 e. The molecule has 3 aromatic rings. The molecule has 1 aromatic heterocycles. The predicted octanol–water partition coefficient (Wildman–Crippen LogP) is 3.31. The van der Waals surface area contributed by atoms with Crippen LogP contribution in [-0.4, -0.2) is 37.7 Å². The van der Waals surface area contributed by atoms with Crippen LogP contribution in [0.15, 0.2) is 60.0 Å². The monoisotopic (exact) mass is 392 g/mol. The molecule has 0 saturated heterocycles. The van der Waals surface area contributed by atoms with Crippen LogP contribution in [0.25, 0.3) is 11.0 Å². The lowest BCUT2D eigenvalue weighted by atomic mass is 9.97. The topological polar surface area (TPSA) is 95.8 Å². The molecule has 1 amide bonds. The van der Waals surface area contributed by atoms with E-state index in [1.807, 2.05) is 18.2 Å². The van der Waals surface area contributed by atoms with Gasteiger partial charge in [0.05, 0.1) is 29.2 Å². The molecular weight excluding hydrogens is 375 g/mol. The van der Waals surface area contributed by atoms with Crippen LogP contribution in [0.2, 0.25) is 0 Å². The molecule has 1 aliphatic heterocycles. The molecule has 0 fully saturated rings. The summed E-state index contributed by atoms with van der Waals surface area (Å²) in [4.78, 5) is 32.1. The maximum absolute atomic E-state index is 13.3. The number of amides is 1. The summed E-state index contributed by atoms with van der Waals surface area (Å²) < 4.78 is 13.3. The van der Waals surface area contributed by atoms with Crippen molar-refractivity contribution in [3.05, 3.63) is 71.8 Å². The van der Waals surface area contributed by atoms with E-state index in [4.69, 9.17) is 5.11 Å². The minimum Gasteiger partial charge on any atom is -0.481 e. The molecule has 2 heterocycles. The number of rotatable bonds is 5. The van der Waals surface area contributed by atoms with Crippen LogP contribution < -0.4 is 0 Å². The normalized spacial score (nSPS) is 16.1. The molecule has 8 heteroatoms. The van der Waals surface area contributed by atoms with Gasteiger partial charge in [0.1, 0.15) is 5.82 Å². The molecule has 7 nitrogen and oxygen atoms in total. The van der Waals surface area contributed by atoms with Gasteiger partial charge < -0.3 is 5.11 Å². The molecule has 29 heavy (non-hydrogen) atoms. The van der Waals surface area contributed by atoms with Gasteiger partial charge in [0.25, 0.3) is 0 Å². The summed E-state index contributed by atoms with van der Waals surface area (Å²) in [6.07, 6.45) is 3.20. The first-order valence-electron chi connectivity index (χ1n) is 9.09. The van der Waals surface area contributed by atoms with Crippen LogP contribution in [0.3, 0.4) is 0 Å². The molecule has 2 aromatic carbocycles. The fourth-order valence-electron chi connectivity index (χ4n) is 3.33. The van der Waals surface area contributed by atoms with Crippen LogP contribution in [0, 0.1) is 5.82 Å². The molecule has 1 unspecified atom stereocenters. The summed E-state index contributed by atoms with van der Waals surface area (Å²) in [5.41, 5.74) is 3.60. The summed E-state index contributed by atoms with van der Waals surface area (Å²) in [6.45, 7) is 0. The Hall–Kier alpha value is -3.68. The van der Waals surface area contributed by atoms with Crippen molar-refractivity contribution in [2.45, 2.75) is 25.3 Å². The number of carbonyl (C=O) groups excluding carboxylic acids is 1. The number of nitrogens with zero attached hydrogens (tertiary/aromatic N) is 4. The average Bonchev–Trinajstić information content (AvgIpc) is 3.17. The Bertz CT molecular complexity index is 1110. The van der Waals surface area contributed by atoms with Gasteiger partial charge in [-0.05, 0) is 35.4 Å². The number of hydrogen-bond donors (Lipinski definition) is 1. The number of carbonyl (C=O) groups is 2. The Labute approximate surface area is 165 Å². The Morgan fingerprint density at radius 3 is 2.48 bits per heavy atom. The molecular formula is C21H17FN4O3. The van der Waals surface area contributed by atoms with E-state index in [1.54, 1.807) is 24.5 Å². The first kappa shape index (κ1) is 18.7. The average molecular weight is 392 g/mol. The SMILES string of the molecule is O=C(O)CCC(=O)N1N=C(c2ccc(F)cc2)CC1c1ccc2nccnc2c1. The standard InChI is InChI=1S/C21H17FN4O3/c22-15-4-1-13(2-5-15)17-12-19(26(25-17)20(27)7-8-21(28)29)14-3-6-16-18(11-14)24-10-9-23-16/h1-6,9-11,19H,7-8,12H2,(H,28,29). The number of carboxylic acid groups (broad SMARTS) is 1. The number of benzene rings is 2. The van der Waals surface area contributed by atoms with Crippen molar-refractivity contribution in [3.63, 3.8) is 0 Å². The Morgan fingerprint density at radius 1 is 1.03 bits per heavy atom. The first-order chi connectivity index (χ1) is 14.0. The minimum atomic E-state index is -1.04. The van der Waals surface area contributed by atoms with E-state index >= 15 is 0 Å². The van der Waals surface area contributed by atoms with E-state index < -0.39 is 12.0 Å². The highest BCUT2D eigenvalue weighted by Gasteiger charge is 2.33. The van der Waals surface area contributed by atoms with Crippen LogP contribution in [0.1, 0.15) is 36.4 Å². The smallest absolute Gasteiger partial charge is 0.303 e. The molecule has 0 spiro atoms. The maximum atomic E-state index is 13.3. The quantitative estimate of drug-likeness (QED) is 0.719. The lowest BCUT2D eigenvalue weighted by Gasteiger charge is -2.22. The third-order valence-electron chi connectivity index (χ3n) is 4.77. The number of hydrazone groups is 1. The summed E-state index contributed by atoms with van der Waals surface area (Å²) in [7, 11) is 0. The highest BCUT2D eigenvalue weighted by atomic mass is 19.1. The van der Waals surface area contributed by atoms with Gasteiger partial charge in [0.15, 0.2) is 0 Å². The summed E-state index contributed by atoms with van der Waals surface area (Å²) >= 11 is 0. The summed E-state index contributed by atoms with van der Waals surface area (Å²) in [5.74, 6) is -1.78. The summed E-state index contributed by atoms with van der Waals surface area (Å²) in [6, 6.07) is 11.1. The molecule has 0 saturated carbocycles. The second kappa shape index (κ2) is 7.75. The minimum absolute atomic E-state index is 0.153. The number of halogens is 1. The number of fused-ring (bicyclic) bond motifs is 1. The van der Waals surface area contributed by atoms with Crippen LogP contribution in [0.4, 0.5) is 4.39 Å². The van der Waals surface area contributed by atoms with E-state index in [0.29, 0.717) is 23.2 Å². The van der Waals surface area contributed by atoms with Gasteiger partial charge in [0, 0.05) is 25.2 Å². The Balaban J connectivity index is 1.68. The number of hydrogen-bond acceptors (Lipinski definition) is 5. The molecule has 4 rings (SSSR count). The van der Waals surface area contributed by atoms with E-state index in [1.165, 1.54) is 17.1 Å². The zero-order valence-corrected chi connectivity index (χ0v) is 15.3. The van der Waals surface area contributed by atoms with Gasteiger partial charge in [-0.2, -0.15) is 5.10 Å². The third kappa shape index (κ3) is 3.96. The third-order valence-corrected chi connectivity index (χ3v) is 4.77. The Morgan fingerprint density at radius 2 is 1.76 bits per heavy atom.